The highest BCUT2D eigenvalue weighted by Gasteiger charge is 2.35. The number of ether oxygens (including phenoxy) is 2. The predicted octanol–water partition coefficient (Wildman–Crippen LogP) is -1.33. The van der Waals surface area contributed by atoms with Gasteiger partial charge < -0.3 is 19.7 Å². The molecule has 1 aliphatic heterocycles. The van der Waals surface area contributed by atoms with Crippen LogP contribution in [0.4, 0.5) is 0 Å². The van der Waals surface area contributed by atoms with Gasteiger partial charge in [0, 0.05) is 24.6 Å². The molecule has 0 spiro atoms. The summed E-state index contributed by atoms with van der Waals surface area (Å²) in [7, 11) is 0. The van der Waals surface area contributed by atoms with E-state index in [0.717, 1.165) is 4.57 Å². The number of aryl methyl sites for hydroxylation is 1. The van der Waals surface area contributed by atoms with Crippen LogP contribution in [0.3, 0.4) is 0 Å². The molecule has 2 heterocycles. The molecular formula is C14H20N2O7. The number of hydrogen-bond donors (Lipinski definition) is 3. The Morgan fingerprint density at radius 2 is 2.26 bits per heavy atom. The Balaban J connectivity index is 2.18. The van der Waals surface area contributed by atoms with Crippen LogP contribution in [0.25, 0.3) is 0 Å². The van der Waals surface area contributed by atoms with Gasteiger partial charge in [0.1, 0.15) is 12.3 Å². The average molecular weight is 328 g/mol. The molecule has 0 saturated carbocycles. The van der Waals surface area contributed by atoms with Crippen molar-refractivity contribution in [2.75, 3.05) is 13.2 Å². The smallest absolute Gasteiger partial charge is 0.330 e. The monoisotopic (exact) mass is 328 g/mol. The second-order valence-corrected chi connectivity index (χ2v) is 5.24. The maximum absolute atomic E-state index is 11.9. The highest BCUT2D eigenvalue weighted by atomic mass is 16.5. The van der Waals surface area contributed by atoms with Crippen molar-refractivity contribution in [1.82, 2.24) is 9.55 Å². The Hall–Kier alpha value is -1.97. The number of aromatic nitrogens is 2. The van der Waals surface area contributed by atoms with Crippen LogP contribution in [0.2, 0.25) is 0 Å². The van der Waals surface area contributed by atoms with Gasteiger partial charge in [0.25, 0.3) is 5.56 Å². The second-order valence-electron chi connectivity index (χ2n) is 5.24. The maximum atomic E-state index is 11.9. The van der Waals surface area contributed by atoms with E-state index in [-0.39, 0.29) is 38.0 Å². The molecule has 1 aromatic rings. The molecule has 1 fully saturated rings. The van der Waals surface area contributed by atoms with Crippen LogP contribution in [0.15, 0.2) is 15.8 Å². The molecule has 2 rings (SSSR count). The van der Waals surface area contributed by atoms with Crippen molar-refractivity contribution in [1.29, 1.82) is 0 Å². The first-order valence-electron chi connectivity index (χ1n) is 7.40. The Kier molecular flexibility index (Phi) is 5.69. The number of nitrogens with zero attached hydrogens (tertiary/aromatic N) is 1. The van der Waals surface area contributed by atoms with Crippen molar-refractivity contribution in [3.8, 4) is 0 Å². The van der Waals surface area contributed by atoms with E-state index < -0.39 is 35.7 Å². The van der Waals surface area contributed by atoms with Gasteiger partial charge in [-0.2, -0.15) is 0 Å². The van der Waals surface area contributed by atoms with Crippen LogP contribution < -0.4 is 11.2 Å². The maximum Gasteiger partial charge on any atom is 0.330 e. The number of esters is 1. The highest BCUT2D eigenvalue weighted by Crippen LogP contribution is 2.27. The molecular weight excluding hydrogens is 308 g/mol. The lowest BCUT2D eigenvalue weighted by atomic mass is 10.1. The van der Waals surface area contributed by atoms with E-state index in [9.17, 15) is 19.5 Å². The third kappa shape index (κ3) is 4.06. The molecule has 23 heavy (non-hydrogen) atoms. The number of nitrogens with one attached hydrogen (secondary N) is 1. The number of carbonyl (C=O) groups is 1. The minimum atomic E-state index is -0.896. The lowest BCUT2D eigenvalue weighted by Gasteiger charge is -2.15. The summed E-state index contributed by atoms with van der Waals surface area (Å²) in [6.45, 7) is 1.57. The zero-order valence-corrected chi connectivity index (χ0v) is 12.7. The van der Waals surface area contributed by atoms with Gasteiger partial charge in [0.05, 0.1) is 19.3 Å². The van der Waals surface area contributed by atoms with Gasteiger partial charge in [-0.05, 0) is 13.3 Å². The summed E-state index contributed by atoms with van der Waals surface area (Å²) >= 11 is 0. The summed E-state index contributed by atoms with van der Waals surface area (Å²) in [4.78, 5) is 37.3. The van der Waals surface area contributed by atoms with Crippen molar-refractivity contribution in [2.24, 2.45) is 0 Å². The molecule has 1 unspecified atom stereocenters. The van der Waals surface area contributed by atoms with Crippen LogP contribution in [-0.4, -0.2) is 51.2 Å². The molecule has 1 aromatic heterocycles. The first kappa shape index (κ1) is 17.4. The van der Waals surface area contributed by atoms with Gasteiger partial charge in [-0.1, -0.05) is 0 Å². The van der Waals surface area contributed by atoms with E-state index in [1.54, 1.807) is 6.92 Å². The van der Waals surface area contributed by atoms with E-state index in [1.165, 1.54) is 6.20 Å². The number of aliphatic hydroxyl groups excluding tert-OH is 2. The minimum Gasteiger partial charge on any atom is -0.466 e. The van der Waals surface area contributed by atoms with Crippen LogP contribution in [0, 0.1) is 0 Å². The largest absolute Gasteiger partial charge is 0.466 e. The van der Waals surface area contributed by atoms with Gasteiger partial charge in [-0.15, -0.1) is 0 Å². The SMILES string of the molecule is CCOC(=O)CCc1cn([C@H]2CC(O)[C@@H](CO)O2)c(=O)[nH]c1=O. The Morgan fingerprint density at radius 3 is 2.87 bits per heavy atom. The zero-order valence-electron chi connectivity index (χ0n) is 12.7. The second kappa shape index (κ2) is 7.53. The highest BCUT2D eigenvalue weighted by molar-refractivity contribution is 5.69. The minimum absolute atomic E-state index is 0.0164. The zero-order chi connectivity index (χ0) is 17.0. The van der Waals surface area contributed by atoms with Gasteiger partial charge in [0.2, 0.25) is 0 Å². The van der Waals surface area contributed by atoms with Gasteiger partial charge >= 0.3 is 11.7 Å². The summed E-state index contributed by atoms with van der Waals surface area (Å²) in [5.74, 6) is -0.433. The summed E-state index contributed by atoms with van der Waals surface area (Å²) in [5.41, 5.74) is -1.01. The normalized spacial score (nSPS) is 23.9. The molecule has 9 nitrogen and oxygen atoms in total. The molecule has 3 N–H and O–H groups in total. The molecule has 9 heteroatoms. The number of hydrogen-bond acceptors (Lipinski definition) is 7. The van der Waals surface area contributed by atoms with Crippen molar-refractivity contribution >= 4 is 5.97 Å². The fourth-order valence-corrected chi connectivity index (χ4v) is 2.44. The molecule has 3 atom stereocenters. The Labute approximate surface area is 131 Å². The molecule has 0 aromatic carbocycles. The Bertz CT molecular complexity index is 666. The lowest BCUT2D eigenvalue weighted by Crippen LogP contribution is -2.34. The van der Waals surface area contributed by atoms with Crippen LogP contribution in [0.5, 0.6) is 0 Å². The van der Waals surface area contributed by atoms with Crippen LogP contribution >= 0.6 is 0 Å². The van der Waals surface area contributed by atoms with Crippen LogP contribution in [0.1, 0.15) is 31.6 Å². The lowest BCUT2D eigenvalue weighted by molar-refractivity contribution is -0.143. The number of H-pyrrole nitrogens is 1. The first-order chi connectivity index (χ1) is 11.0. The third-order valence-electron chi connectivity index (χ3n) is 3.64. The average Bonchev–Trinajstić information content (AvgIpc) is 2.87. The van der Waals surface area contributed by atoms with E-state index in [2.05, 4.69) is 4.98 Å². The summed E-state index contributed by atoms with van der Waals surface area (Å²) in [6, 6.07) is 0. The quantitative estimate of drug-likeness (QED) is 0.552. The number of aromatic amines is 1. The fourth-order valence-electron chi connectivity index (χ4n) is 2.44. The van der Waals surface area contributed by atoms with Crippen LogP contribution in [-0.2, 0) is 20.7 Å². The van der Waals surface area contributed by atoms with Gasteiger partial charge in [-0.25, -0.2) is 4.79 Å². The van der Waals surface area contributed by atoms with Crippen molar-refractivity contribution in [2.45, 2.75) is 44.6 Å². The van der Waals surface area contributed by atoms with E-state index >= 15 is 0 Å². The number of aliphatic hydroxyl groups is 2. The molecule has 1 aliphatic rings. The molecule has 0 bridgehead atoms. The standard InChI is InChI=1S/C14H20N2O7/c1-2-22-12(19)4-3-8-6-16(14(21)15-13(8)20)11-5-9(18)10(7-17)23-11/h6,9-11,17-18H,2-5,7H2,1H3,(H,15,20,21)/t9?,10-,11-/m1/s1. The fraction of sp³-hybridized carbons (Fsp3) is 0.643. The van der Waals surface area contributed by atoms with Crippen molar-refractivity contribution in [3.05, 3.63) is 32.6 Å². The van der Waals surface area contributed by atoms with Gasteiger partial charge in [0.15, 0.2) is 0 Å². The van der Waals surface area contributed by atoms with E-state index in [1.807, 2.05) is 0 Å². The summed E-state index contributed by atoms with van der Waals surface area (Å²) in [6.07, 6.45) is -0.886. The summed E-state index contributed by atoms with van der Waals surface area (Å²) < 4.78 is 11.3. The molecule has 1 saturated heterocycles. The number of carbonyl (C=O) groups excluding carboxylic acids is 1. The predicted molar refractivity (Wildman–Crippen MR) is 77.9 cm³/mol. The van der Waals surface area contributed by atoms with Gasteiger partial charge in [-0.3, -0.25) is 19.1 Å². The van der Waals surface area contributed by atoms with E-state index in [4.69, 9.17) is 14.6 Å². The molecule has 128 valence electrons. The summed E-state index contributed by atoms with van der Waals surface area (Å²) in [5, 5.41) is 18.8. The van der Waals surface area contributed by atoms with Crippen molar-refractivity contribution in [3.63, 3.8) is 0 Å². The Morgan fingerprint density at radius 1 is 1.52 bits per heavy atom. The molecule has 0 radical (unpaired) electrons. The molecule has 0 aliphatic carbocycles. The topological polar surface area (TPSA) is 131 Å². The number of rotatable bonds is 6. The molecule has 0 amide bonds. The van der Waals surface area contributed by atoms with E-state index in [0.29, 0.717) is 0 Å². The third-order valence-corrected chi connectivity index (χ3v) is 3.64. The first-order valence-corrected chi connectivity index (χ1v) is 7.40. The van der Waals surface area contributed by atoms with Crippen molar-refractivity contribution < 1.29 is 24.5 Å².